The highest BCUT2D eigenvalue weighted by atomic mass is 32.1. The zero-order valence-electron chi connectivity index (χ0n) is 16.3. The standard InChI is InChI=1S/C22H18N2O5S/c1-27-16-8-7-13(11-14(16)22(26)28-2)12-23-20(25)17-9-10-18(29-17)21-24-15-5-3-4-6-19(15)30-21/h3-11H,12H2,1-2H3,(H,23,25). The monoisotopic (exact) mass is 422 g/mol. The summed E-state index contributed by atoms with van der Waals surface area (Å²) in [6, 6.07) is 16.2. The van der Waals surface area contributed by atoms with Crippen molar-refractivity contribution in [2.45, 2.75) is 6.54 Å². The Labute approximate surface area is 176 Å². The molecule has 0 aliphatic carbocycles. The lowest BCUT2D eigenvalue weighted by atomic mass is 10.1. The van der Waals surface area contributed by atoms with Crippen molar-refractivity contribution in [1.29, 1.82) is 0 Å². The Morgan fingerprint density at radius 3 is 2.70 bits per heavy atom. The molecule has 1 amide bonds. The van der Waals surface area contributed by atoms with Crippen LogP contribution in [0.2, 0.25) is 0 Å². The second-order valence-corrected chi connectivity index (χ2v) is 7.39. The number of hydrogen-bond donors (Lipinski definition) is 1. The Hall–Kier alpha value is -3.65. The molecule has 152 valence electrons. The zero-order valence-corrected chi connectivity index (χ0v) is 17.1. The summed E-state index contributed by atoms with van der Waals surface area (Å²) in [6.45, 7) is 0.212. The van der Waals surface area contributed by atoms with Gasteiger partial charge in [0.15, 0.2) is 16.5 Å². The van der Waals surface area contributed by atoms with Crippen LogP contribution in [-0.4, -0.2) is 31.1 Å². The van der Waals surface area contributed by atoms with E-state index in [1.807, 2.05) is 24.3 Å². The predicted molar refractivity (Wildman–Crippen MR) is 113 cm³/mol. The van der Waals surface area contributed by atoms with E-state index < -0.39 is 5.97 Å². The van der Waals surface area contributed by atoms with Gasteiger partial charge in [-0.3, -0.25) is 4.79 Å². The molecule has 0 saturated heterocycles. The number of benzene rings is 2. The molecule has 0 bridgehead atoms. The Morgan fingerprint density at radius 1 is 1.10 bits per heavy atom. The Kier molecular flexibility index (Phi) is 5.49. The summed E-state index contributed by atoms with van der Waals surface area (Å²) in [7, 11) is 2.78. The Bertz CT molecular complexity index is 1190. The van der Waals surface area contributed by atoms with Crippen LogP contribution in [0.4, 0.5) is 0 Å². The van der Waals surface area contributed by atoms with Gasteiger partial charge in [0.25, 0.3) is 5.91 Å². The fraction of sp³-hybridized carbons (Fsp3) is 0.136. The smallest absolute Gasteiger partial charge is 0.341 e. The summed E-state index contributed by atoms with van der Waals surface area (Å²) in [5.41, 5.74) is 1.91. The van der Waals surface area contributed by atoms with Crippen molar-refractivity contribution in [3.05, 3.63) is 71.5 Å². The zero-order chi connectivity index (χ0) is 21.1. The maximum Gasteiger partial charge on any atom is 0.341 e. The van der Waals surface area contributed by atoms with E-state index in [0.717, 1.165) is 15.8 Å². The van der Waals surface area contributed by atoms with E-state index >= 15 is 0 Å². The van der Waals surface area contributed by atoms with E-state index in [4.69, 9.17) is 13.9 Å². The number of rotatable bonds is 6. The van der Waals surface area contributed by atoms with E-state index in [1.54, 1.807) is 30.3 Å². The molecule has 7 nitrogen and oxygen atoms in total. The van der Waals surface area contributed by atoms with Gasteiger partial charge in [-0.25, -0.2) is 9.78 Å². The van der Waals surface area contributed by atoms with Gasteiger partial charge in [-0.1, -0.05) is 18.2 Å². The molecular formula is C22H18N2O5S. The topological polar surface area (TPSA) is 90.7 Å². The molecular weight excluding hydrogens is 404 g/mol. The van der Waals surface area contributed by atoms with Gasteiger partial charge in [-0.05, 0) is 42.0 Å². The van der Waals surface area contributed by atoms with E-state index in [1.165, 1.54) is 25.6 Å². The number of carbonyl (C=O) groups excluding carboxylic acids is 2. The number of amides is 1. The van der Waals surface area contributed by atoms with Gasteiger partial charge < -0.3 is 19.2 Å². The van der Waals surface area contributed by atoms with Gasteiger partial charge in [0.1, 0.15) is 11.3 Å². The summed E-state index contributed by atoms with van der Waals surface area (Å²) >= 11 is 1.50. The van der Waals surface area contributed by atoms with Gasteiger partial charge in [0.05, 0.1) is 24.4 Å². The second-order valence-electron chi connectivity index (χ2n) is 6.36. The van der Waals surface area contributed by atoms with Crippen molar-refractivity contribution < 1.29 is 23.5 Å². The summed E-state index contributed by atoms with van der Waals surface area (Å²) in [5, 5.41) is 3.50. The number of esters is 1. The highest BCUT2D eigenvalue weighted by Crippen LogP contribution is 2.31. The Morgan fingerprint density at radius 2 is 1.93 bits per heavy atom. The number of hydrogen-bond acceptors (Lipinski definition) is 7. The number of ether oxygens (including phenoxy) is 2. The Balaban J connectivity index is 1.47. The number of nitrogens with one attached hydrogen (secondary N) is 1. The lowest BCUT2D eigenvalue weighted by molar-refractivity contribution is 0.0597. The number of thiazole rings is 1. The number of para-hydroxylation sites is 1. The van der Waals surface area contributed by atoms with E-state index in [-0.39, 0.29) is 18.2 Å². The number of nitrogens with zero attached hydrogens (tertiary/aromatic N) is 1. The average molecular weight is 422 g/mol. The van der Waals surface area contributed by atoms with Crippen LogP contribution in [0.25, 0.3) is 21.0 Å². The molecule has 1 N–H and O–H groups in total. The van der Waals surface area contributed by atoms with Crippen LogP contribution >= 0.6 is 11.3 Å². The third-order valence-corrected chi connectivity index (χ3v) is 5.51. The molecule has 0 radical (unpaired) electrons. The van der Waals surface area contributed by atoms with E-state index in [0.29, 0.717) is 22.1 Å². The summed E-state index contributed by atoms with van der Waals surface area (Å²) < 4.78 is 16.7. The molecule has 0 unspecified atom stereocenters. The van der Waals surface area contributed by atoms with E-state index in [9.17, 15) is 9.59 Å². The van der Waals surface area contributed by atoms with Crippen LogP contribution in [0.15, 0.2) is 59.0 Å². The molecule has 0 spiro atoms. The van der Waals surface area contributed by atoms with E-state index in [2.05, 4.69) is 10.3 Å². The van der Waals surface area contributed by atoms with Crippen LogP contribution in [0.3, 0.4) is 0 Å². The molecule has 0 aliphatic rings. The normalized spacial score (nSPS) is 10.7. The third-order valence-electron chi connectivity index (χ3n) is 4.46. The summed E-state index contributed by atoms with van der Waals surface area (Å²) in [6.07, 6.45) is 0. The number of fused-ring (bicyclic) bond motifs is 1. The van der Waals surface area contributed by atoms with Gasteiger partial charge >= 0.3 is 5.97 Å². The molecule has 2 aromatic carbocycles. The van der Waals surface area contributed by atoms with Gasteiger partial charge in [-0.2, -0.15) is 0 Å². The molecule has 30 heavy (non-hydrogen) atoms. The molecule has 2 heterocycles. The first-order valence-electron chi connectivity index (χ1n) is 9.08. The van der Waals surface area contributed by atoms with Crippen molar-refractivity contribution in [2.24, 2.45) is 0 Å². The van der Waals surface area contributed by atoms with Crippen molar-refractivity contribution in [3.63, 3.8) is 0 Å². The first kappa shape index (κ1) is 19.7. The molecule has 4 rings (SSSR count). The van der Waals surface area contributed by atoms with Gasteiger partial charge in [-0.15, -0.1) is 11.3 Å². The number of methoxy groups -OCH3 is 2. The molecule has 2 aromatic heterocycles. The number of carbonyl (C=O) groups is 2. The third kappa shape index (κ3) is 3.90. The lowest BCUT2D eigenvalue weighted by Crippen LogP contribution is -2.22. The highest BCUT2D eigenvalue weighted by molar-refractivity contribution is 7.21. The molecule has 0 fully saturated rings. The predicted octanol–water partition coefficient (Wildman–Crippen LogP) is 4.28. The number of furan rings is 1. The van der Waals surface area contributed by atoms with Crippen LogP contribution in [0.5, 0.6) is 5.75 Å². The minimum Gasteiger partial charge on any atom is -0.496 e. The fourth-order valence-electron chi connectivity index (χ4n) is 2.96. The minimum atomic E-state index is -0.508. The van der Waals surface area contributed by atoms with Gasteiger partial charge in [0, 0.05) is 6.54 Å². The van der Waals surface area contributed by atoms with Crippen molar-refractivity contribution in [2.75, 3.05) is 14.2 Å². The van der Waals surface area contributed by atoms with Crippen LogP contribution in [-0.2, 0) is 11.3 Å². The van der Waals surface area contributed by atoms with Gasteiger partial charge in [0.2, 0.25) is 0 Å². The molecule has 8 heteroatoms. The largest absolute Gasteiger partial charge is 0.496 e. The second kappa shape index (κ2) is 8.38. The first-order chi connectivity index (χ1) is 14.6. The maximum atomic E-state index is 12.5. The molecule has 0 saturated carbocycles. The average Bonchev–Trinajstić information content (AvgIpc) is 3.43. The molecule has 0 aliphatic heterocycles. The fourth-order valence-corrected chi connectivity index (χ4v) is 3.88. The maximum absolute atomic E-state index is 12.5. The van der Waals surface area contributed by atoms with Crippen molar-refractivity contribution >= 4 is 33.4 Å². The minimum absolute atomic E-state index is 0.186. The van der Waals surface area contributed by atoms with Crippen LogP contribution in [0.1, 0.15) is 26.5 Å². The van der Waals surface area contributed by atoms with Crippen molar-refractivity contribution in [3.8, 4) is 16.5 Å². The summed E-state index contributed by atoms with van der Waals surface area (Å²) in [5.74, 6) is 0.262. The quantitative estimate of drug-likeness (QED) is 0.467. The van der Waals surface area contributed by atoms with Crippen LogP contribution in [0, 0.1) is 0 Å². The SMILES string of the molecule is COC(=O)c1cc(CNC(=O)c2ccc(-c3nc4ccccc4s3)o2)ccc1OC. The molecule has 0 atom stereocenters. The lowest BCUT2D eigenvalue weighted by Gasteiger charge is -2.09. The van der Waals surface area contributed by atoms with Crippen molar-refractivity contribution in [1.82, 2.24) is 10.3 Å². The highest BCUT2D eigenvalue weighted by Gasteiger charge is 2.16. The molecule has 4 aromatic rings. The summed E-state index contributed by atoms with van der Waals surface area (Å²) in [4.78, 5) is 28.9. The van der Waals surface area contributed by atoms with Crippen LogP contribution < -0.4 is 10.1 Å². The number of aromatic nitrogens is 1. The first-order valence-corrected chi connectivity index (χ1v) is 9.90.